The van der Waals surface area contributed by atoms with E-state index in [1.165, 1.54) is 4.90 Å². The molecule has 0 spiro atoms. The summed E-state index contributed by atoms with van der Waals surface area (Å²) >= 11 is 1.67. The van der Waals surface area contributed by atoms with Gasteiger partial charge in [-0.15, -0.1) is 11.8 Å². The Bertz CT molecular complexity index is 416. The van der Waals surface area contributed by atoms with Crippen molar-refractivity contribution in [3.63, 3.8) is 0 Å². The predicted octanol–water partition coefficient (Wildman–Crippen LogP) is 2.10. The molecule has 1 amide bonds. The van der Waals surface area contributed by atoms with Crippen LogP contribution in [-0.2, 0) is 9.53 Å². The predicted molar refractivity (Wildman–Crippen MR) is 78.4 cm³/mol. The van der Waals surface area contributed by atoms with Crippen molar-refractivity contribution in [1.29, 1.82) is 0 Å². The third kappa shape index (κ3) is 3.96. The van der Waals surface area contributed by atoms with Gasteiger partial charge in [0.15, 0.2) is 0 Å². The van der Waals surface area contributed by atoms with Crippen LogP contribution in [0.15, 0.2) is 29.2 Å². The van der Waals surface area contributed by atoms with E-state index in [1.807, 2.05) is 30.5 Å². The number of nitrogens with two attached hydrogens (primary N) is 1. The number of anilines is 1. The lowest BCUT2D eigenvalue weighted by molar-refractivity contribution is -0.119. The van der Waals surface area contributed by atoms with E-state index in [4.69, 9.17) is 10.5 Å². The quantitative estimate of drug-likeness (QED) is 0.829. The molecule has 3 N–H and O–H groups in total. The van der Waals surface area contributed by atoms with Crippen LogP contribution in [0, 0.1) is 5.92 Å². The Morgan fingerprint density at radius 1 is 1.37 bits per heavy atom. The Balaban J connectivity index is 1.91. The van der Waals surface area contributed by atoms with Crippen LogP contribution in [0.25, 0.3) is 0 Å². The summed E-state index contributed by atoms with van der Waals surface area (Å²) in [5.74, 6) is 0.114. The van der Waals surface area contributed by atoms with Gasteiger partial charge in [0.2, 0.25) is 5.91 Å². The fourth-order valence-electron chi connectivity index (χ4n) is 2.19. The summed E-state index contributed by atoms with van der Waals surface area (Å²) in [5.41, 5.74) is 6.82. The number of hydrogen-bond donors (Lipinski definition) is 2. The summed E-state index contributed by atoms with van der Waals surface area (Å²) in [5, 5.41) is 2.88. The summed E-state index contributed by atoms with van der Waals surface area (Å²) in [6.07, 6.45) is 3.74. The molecule has 1 aliphatic heterocycles. The third-order valence-electron chi connectivity index (χ3n) is 3.43. The number of carbonyl (C=O) groups excluding carboxylic acids is 1. The molecule has 0 saturated carbocycles. The molecule has 1 heterocycles. The minimum atomic E-state index is -0.455. The number of carbonyl (C=O) groups is 1. The van der Waals surface area contributed by atoms with Crippen LogP contribution in [0.1, 0.15) is 12.8 Å². The molecular weight excluding hydrogens is 260 g/mol. The van der Waals surface area contributed by atoms with Gasteiger partial charge in [0.05, 0.1) is 6.04 Å². The molecule has 5 heteroatoms. The van der Waals surface area contributed by atoms with E-state index < -0.39 is 6.04 Å². The van der Waals surface area contributed by atoms with E-state index >= 15 is 0 Å². The largest absolute Gasteiger partial charge is 0.381 e. The molecule has 0 bridgehead atoms. The average Bonchev–Trinajstić information content (AvgIpc) is 2.48. The fourth-order valence-corrected chi connectivity index (χ4v) is 2.60. The normalized spacial score (nSPS) is 18.0. The number of rotatable bonds is 4. The number of benzene rings is 1. The summed E-state index contributed by atoms with van der Waals surface area (Å²) in [6.45, 7) is 1.40. The summed E-state index contributed by atoms with van der Waals surface area (Å²) in [6, 6.07) is 7.32. The van der Waals surface area contributed by atoms with Gasteiger partial charge in [-0.3, -0.25) is 4.79 Å². The van der Waals surface area contributed by atoms with Crippen molar-refractivity contribution in [2.45, 2.75) is 23.8 Å². The zero-order valence-corrected chi connectivity index (χ0v) is 11.9. The van der Waals surface area contributed by atoms with E-state index in [1.54, 1.807) is 11.8 Å². The Hall–Kier alpha value is -1.04. The summed E-state index contributed by atoms with van der Waals surface area (Å²) in [7, 11) is 0. The third-order valence-corrected chi connectivity index (χ3v) is 4.18. The van der Waals surface area contributed by atoms with Crippen LogP contribution < -0.4 is 11.1 Å². The molecule has 19 heavy (non-hydrogen) atoms. The highest BCUT2D eigenvalue weighted by Crippen LogP contribution is 2.20. The zero-order chi connectivity index (χ0) is 13.7. The van der Waals surface area contributed by atoms with Crippen molar-refractivity contribution in [2.24, 2.45) is 11.7 Å². The first-order valence-corrected chi connectivity index (χ1v) is 7.71. The second-order valence-corrected chi connectivity index (χ2v) is 5.57. The number of nitrogens with one attached hydrogen (secondary N) is 1. The van der Waals surface area contributed by atoms with E-state index in [-0.39, 0.29) is 11.8 Å². The van der Waals surface area contributed by atoms with E-state index in [2.05, 4.69) is 5.32 Å². The second-order valence-electron chi connectivity index (χ2n) is 4.69. The van der Waals surface area contributed by atoms with E-state index in [0.29, 0.717) is 13.2 Å². The Kier molecular flexibility index (Phi) is 5.24. The molecular formula is C14H20N2O2S. The first-order valence-electron chi connectivity index (χ1n) is 6.49. The van der Waals surface area contributed by atoms with Crippen LogP contribution in [-0.4, -0.2) is 31.4 Å². The molecule has 1 aliphatic rings. The van der Waals surface area contributed by atoms with Gasteiger partial charge in [-0.2, -0.15) is 0 Å². The lowest BCUT2D eigenvalue weighted by Crippen LogP contribution is -2.43. The van der Waals surface area contributed by atoms with Crippen molar-refractivity contribution in [1.82, 2.24) is 0 Å². The maximum Gasteiger partial charge on any atom is 0.241 e. The molecule has 104 valence electrons. The standard InChI is InChI=1S/C14H20N2O2S/c1-19-12-4-2-11(3-5-12)16-14(17)13(15)10-6-8-18-9-7-10/h2-5,10,13H,6-9,15H2,1H3,(H,16,17). The first kappa shape index (κ1) is 14.4. The van der Waals surface area contributed by atoms with Crippen molar-refractivity contribution in [2.75, 3.05) is 24.8 Å². The molecule has 0 aliphatic carbocycles. The lowest BCUT2D eigenvalue weighted by Gasteiger charge is -2.26. The molecule has 4 nitrogen and oxygen atoms in total. The zero-order valence-electron chi connectivity index (χ0n) is 11.1. The van der Waals surface area contributed by atoms with Gasteiger partial charge in [0, 0.05) is 23.8 Å². The molecule has 0 radical (unpaired) electrons. The van der Waals surface area contributed by atoms with Crippen molar-refractivity contribution in [3.8, 4) is 0 Å². The molecule has 1 saturated heterocycles. The monoisotopic (exact) mass is 280 g/mol. The average molecular weight is 280 g/mol. The fraction of sp³-hybridized carbons (Fsp3) is 0.500. The molecule has 1 unspecified atom stereocenters. The molecule has 1 atom stereocenters. The van der Waals surface area contributed by atoms with Crippen LogP contribution in [0.4, 0.5) is 5.69 Å². The van der Waals surface area contributed by atoms with Crippen molar-refractivity contribution >= 4 is 23.4 Å². The second kappa shape index (κ2) is 6.93. The highest BCUT2D eigenvalue weighted by atomic mass is 32.2. The van der Waals surface area contributed by atoms with Crippen LogP contribution in [0.2, 0.25) is 0 Å². The maximum absolute atomic E-state index is 12.1. The maximum atomic E-state index is 12.1. The van der Waals surface area contributed by atoms with Gasteiger partial charge >= 0.3 is 0 Å². The Morgan fingerprint density at radius 3 is 2.58 bits per heavy atom. The minimum absolute atomic E-state index is 0.108. The van der Waals surface area contributed by atoms with Gasteiger partial charge < -0.3 is 15.8 Å². The minimum Gasteiger partial charge on any atom is -0.381 e. The van der Waals surface area contributed by atoms with Gasteiger partial charge in [0.1, 0.15) is 0 Å². The smallest absolute Gasteiger partial charge is 0.241 e. The Labute approximate surface area is 118 Å². The van der Waals surface area contributed by atoms with Crippen LogP contribution in [0.5, 0.6) is 0 Å². The van der Waals surface area contributed by atoms with Gasteiger partial charge in [-0.25, -0.2) is 0 Å². The molecule has 1 aromatic rings. The van der Waals surface area contributed by atoms with E-state index in [0.717, 1.165) is 18.5 Å². The number of hydrogen-bond acceptors (Lipinski definition) is 4. The first-order chi connectivity index (χ1) is 9.20. The van der Waals surface area contributed by atoms with E-state index in [9.17, 15) is 4.79 Å². The molecule has 1 aromatic carbocycles. The summed E-state index contributed by atoms with van der Waals surface area (Å²) < 4.78 is 5.28. The number of amides is 1. The molecule has 2 rings (SSSR count). The highest BCUT2D eigenvalue weighted by molar-refractivity contribution is 7.98. The van der Waals surface area contributed by atoms with Crippen LogP contribution >= 0.6 is 11.8 Å². The SMILES string of the molecule is CSc1ccc(NC(=O)C(N)C2CCOCC2)cc1. The highest BCUT2D eigenvalue weighted by Gasteiger charge is 2.26. The number of ether oxygens (including phenoxy) is 1. The molecule has 1 fully saturated rings. The van der Waals surface area contributed by atoms with Crippen molar-refractivity contribution < 1.29 is 9.53 Å². The molecule has 0 aromatic heterocycles. The lowest BCUT2D eigenvalue weighted by atomic mass is 9.92. The van der Waals surface area contributed by atoms with Gasteiger partial charge in [-0.05, 0) is 49.3 Å². The van der Waals surface area contributed by atoms with Gasteiger partial charge in [-0.1, -0.05) is 0 Å². The Morgan fingerprint density at radius 2 is 2.00 bits per heavy atom. The summed E-state index contributed by atoms with van der Waals surface area (Å²) in [4.78, 5) is 13.3. The van der Waals surface area contributed by atoms with Crippen molar-refractivity contribution in [3.05, 3.63) is 24.3 Å². The number of thioether (sulfide) groups is 1. The topological polar surface area (TPSA) is 64.4 Å². The van der Waals surface area contributed by atoms with Gasteiger partial charge in [0.25, 0.3) is 0 Å². The van der Waals surface area contributed by atoms with Crippen LogP contribution in [0.3, 0.4) is 0 Å².